The number of alkyl halides is 3. The molecule has 1 rings (SSSR count). The van der Waals surface area contributed by atoms with Crippen LogP contribution < -0.4 is 0 Å². The van der Waals surface area contributed by atoms with Gasteiger partial charge < -0.3 is 4.55 Å². The molecule has 0 amide bonds. The molecule has 0 saturated carbocycles. The summed E-state index contributed by atoms with van der Waals surface area (Å²) in [5.74, 6) is 0. The van der Waals surface area contributed by atoms with E-state index in [1.54, 1.807) is 0 Å². The van der Waals surface area contributed by atoms with Gasteiger partial charge in [-0.3, -0.25) is 0 Å². The molecule has 0 spiro atoms. The molecule has 1 aliphatic heterocycles. The highest BCUT2D eigenvalue weighted by Gasteiger charge is 2.36. The van der Waals surface area contributed by atoms with Crippen LogP contribution in [-0.4, -0.2) is 42.4 Å². The number of nitrogens with zero attached hydrogens (tertiary/aromatic N) is 1. The minimum absolute atomic E-state index is 1.29. The van der Waals surface area contributed by atoms with E-state index < -0.39 is 15.6 Å². The van der Waals surface area contributed by atoms with E-state index in [1.165, 1.54) is 38.8 Å². The topological polar surface area (TPSA) is 60.2 Å². The lowest BCUT2D eigenvalue weighted by Crippen LogP contribution is -2.21. The Kier molecular flexibility index (Phi) is 6.69. The van der Waals surface area contributed by atoms with Crippen LogP contribution in [0, 0.1) is 0 Å². The minimum Gasteiger partial charge on any atom is -0.741 e. The van der Waals surface area contributed by atoms with Crippen molar-refractivity contribution in [3.63, 3.8) is 0 Å². The predicted molar refractivity (Wildman–Crippen MR) is 56.0 cm³/mol. The summed E-state index contributed by atoms with van der Waals surface area (Å²) in [5, 5.41) is 0. The van der Waals surface area contributed by atoms with E-state index in [4.69, 9.17) is 13.0 Å². The molecule has 0 aromatic heterocycles. The Bertz CT molecular complexity index is 349. The molecule has 0 radical (unpaired) electrons. The van der Waals surface area contributed by atoms with Gasteiger partial charge in [0.05, 0.1) is 0 Å². The second-order valence-corrected chi connectivity index (χ2v) is 4.99. The average molecular weight is 275 g/mol. The van der Waals surface area contributed by atoms with Gasteiger partial charge >= 0.3 is 5.51 Å². The lowest BCUT2D eigenvalue weighted by atomic mass is 10.3. The highest BCUT2D eigenvalue weighted by molar-refractivity contribution is 7.86. The molecule has 1 heterocycles. The van der Waals surface area contributed by atoms with Gasteiger partial charge in [0.1, 0.15) is 19.3 Å². The lowest BCUT2D eigenvalue weighted by molar-refractivity contribution is -0.516. The summed E-state index contributed by atoms with van der Waals surface area (Å²) in [5.41, 5.74) is -5.65. The molecule has 1 aliphatic rings. The molecular formula is C9H16F3NO3S. The van der Waals surface area contributed by atoms with Gasteiger partial charge in [0.25, 0.3) is 0 Å². The first-order valence-electron chi connectivity index (χ1n) is 5.28. The van der Waals surface area contributed by atoms with Gasteiger partial charge in [-0.15, -0.1) is 0 Å². The zero-order chi connectivity index (χ0) is 13.5. The monoisotopic (exact) mass is 275 g/mol. The second-order valence-electron chi connectivity index (χ2n) is 3.61. The maximum absolute atomic E-state index is 10.7. The van der Waals surface area contributed by atoms with E-state index in [-0.39, 0.29) is 0 Å². The number of hydrogen-bond donors (Lipinski definition) is 0. The number of halogens is 3. The van der Waals surface area contributed by atoms with Crippen LogP contribution in [0.4, 0.5) is 13.2 Å². The van der Waals surface area contributed by atoms with Crippen LogP contribution in [0.15, 0.2) is 0 Å². The molecule has 0 fully saturated rings. The van der Waals surface area contributed by atoms with Crippen molar-refractivity contribution in [3.8, 4) is 0 Å². The van der Waals surface area contributed by atoms with Gasteiger partial charge in [-0.1, -0.05) is 13.3 Å². The first-order chi connectivity index (χ1) is 7.68. The van der Waals surface area contributed by atoms with Crippen molar-refractivity contribution in [2.75, 3.05) is 13.1 Å². The second kappa shape index (κ2) is 6.95. The van der Waals surface area contributed by atoms with Crippen LogP contribution >= 0.6 is 0 Å². The summed E-state index contributed by atoms with van der Waals surface area (Å²) in [7, 11) is -6.09. The molecule has 0 bridgehead atoms. The normalized spacial score (nSPS) is 16.2. The van der Waals surface area contributed by atoms with E-state index in [1.807, 2.05) is 0 Å². The molecule has 0 N–H and O–H groups in total. The third-order valence-electron chi connectivity index (χ3n) is 2.12. The SMILES string of the molecule is CCCC[N+]1=CCCC1.O=S(=O)([O-])C(F)(F)F. The average Bonchev–Trinajstić information content (AvgIpc) is 2.64. The van der Waals surface area contributed by atoms with E-state index in [2.05, 4.69) is 17.7 Å². The van der Waals surface area contributed by atoms with Crippen LogP contribution in [0.25, 0.3) is 0 Å². The highest BCUT2D eigenvalue weighted by atomic mass is 32.2. The molecule has 0 atom stereocenters. The van der Waals surface area contributed by atoms with Gasteiger partial charge in [0.15, 0.2) is 10.1 Å². The van der Waals surface area contributed by atoms with Crippen molar-refractivity contribution in [1.82, 2.24) is 0 Å². The summed E-state index contributed by atoms with van der Waals surface area (Å²) >= 11 is 0. The third-order valence-corrected chi connectivity index (χ3v) is 2.69. The Labute approximate surface area is 98.9 Å². The first kappa shape index (κ1) is 16.4. The molecule has 4 nitrogen and oxygen atoms in total. The van der Waals surface area contributed by atoms with Gasteiger partial charge in [0.2, 0.25) is 0 Å². The van der Waals surface area contributed by atoms with E-state index in [9.17, 15) is 13.2 Å². The fourth-order valence-electron chi connectivity index (χ4n) is 1.22. The van der Waals surface area contributed by atoms with Crippen LogP contribution in [0.3, 0.4) is 0 Å². The Morgan fingerprint density at radius 2 is 1.94 bits per heavy atom. The Hall–Kier alpha value is -0.630. The van der Waals surface area contributed by atoms with E-state index in [0.717, 1.165) is 0 Å². The predicted octanol–water partition coefficient (Wildman–Crippen LogP) is 1.72. The van der Waals surface area contributed by atoms with Crippen molar-refractivity contribution in [2.24, 2.45) is 0 Å². The summed E-state index contributed by atoms with van der Waals surface area (Å²) in [6, 6.07) is 0. The summed E-state index contributed by atoms with van der Waals surface area (Å²) in [6.45, 7) is 4.84. The van der Waals surface area contributed by atoms with Crippen LogP contribution in [0.5, 0.6) is 0 Å². The fraction of sp³-hybridized carbons (Fsp3) is 0.889. The first-order valence-corrected chi connectivity index (χ1v) is 6.69. The van der Waals surface area contributed by atoms with Crippen molar-refractivity contribution >= 4 is 16.3 Å². The molecule has 0 saturated heterocycles. The van der Waals surface area contributed by atoms with E-state index >= 15 is 0 Å². The Morgan fingerprint density at radius 3 is 2.24 bits per heavy atom. The molecule has 102 valence electrons. The minimum atomic E-state index is -6.09. The van der Waals surface area contributed by atoms with Gasteiger partial charge in [-0.05, 0) is 0 Å². The zero-order valence-electron chi connectivity index (χ0n) is 9.53. The van der Waals surface area contributed by atoms with Crippen LogP contribution in [-0.2, 0) is 10.1 Å². The quantitative estimate of drug-likeness (QED) is 0.447. The molecule has 0 aromatic carbocycles. The third kappa shape index (κ3) is 7.32. The number of unbranched alkanes of at least 4 members (excludes halogenated alkanes) is 1. The smallest absolute Gasteiger partial charge is 0.485 e. The molecular weight excluding hydrogens is 259 g/mol. The van der Waals surface area contributed by atoms with Gasteiger partial charge in [0, 0.05) is 19.3 Å². The van der Waals surface area contributed by atoms with Crippen molar-refractivity contribution in [3.05, 3.63) is 0 Å². The fourth-order valence-corrected chi connectivity index (χ4v) is 1.22. The largest absolute Gasteiger partial charge is 0.741 e. The summed E-state index contributed by atoms with van der Waals surface area (Å²) < 4.78 is 61.4. The van der Waals surface area contributed by atoms with Crippen molar-refractivity contribution in [2.45, 2.75) is 38.1 Å². The maximum Gasteiger partial charge on any atom is 0.485 e. The molecule has 0 aromatic rings. The van der Waals surface area contributed by atoms with Crippen LogP contribution in [0.1, 0.15) is 32.6 Å². The van der Waals surface area contributed by atoms with Crippen LogP contribution in [0.2, 0.25) is 0 Å². The van der Waals surface area contributed by atoms with E-state index in [0.29, 0.717) is 0 Å². The maximum atomic E-state index is 10.7. The van der Waals surface area contributed by atoms with Crippen molar-refractivity contribution in [1.29, 1.82) is 0 Å². The van der Waals surface area contributed by atoms with Crippen molar-refractivity contribution < 1.29 is 30.7 Å². The van der Waals surface area contributed by atoms with Gasteiger partial charge in [-0.25, -0.2) is 13.0 Å². The Balaban J connectivity index is 0.000000304. The number of rotatable bonds is 3. The molecule has 0 aliphatic carbocycles. The number of hydrogen-bond acceptors (Lipinski definition) is 3. The summed E-state index contributed by atoms with van der Waals surface area (Å²) in [6.07, 6.45) is 7.71. The molecule has 0 unspecified atom stereocenters. The van der Waals surface area contributed by atoms with Gasteiger partial charge in [-0.2, -0.15) is 13.2 Å². The lowest BCUT2D eigenvalue weighted by Gasteiger charge is -2.08. The standard InChI is InChI=1S/C8H16N.CHF3O3S/c1-2-3-6-9-7-4-5-8-9;2-1(3,4)8(5,6)7/h7H,2-6,8H2,1H3;(H,5,6,7)/q+1;/p-1. The molecule has 17 heavy (non-hydrogen) atoms. The highest BCUT2D eigenvalue weighted by Crippen LogP contribution is 2.20. The Morgan fingerprint density at radius 1 is 1.41 bits per heavy atom. The summed E-state index contributed by atoms with van der Waals surface area (Å²) in [4.78, 5) is 0. The molecule has 8 heteroatoms. The zero-order valence-corrected chi connectivity index (χ0v) is 10.4.